The highest BCUT2D eigenvalue weighted by atomic mass is 16.2. The maximum absolute atomic E-state index is 11.9. The average Bonchev–Trinajstić information content (AvgIpc) is 2.87. The van der Waals surface area contributed by atoms with E-state index in [0.717, 1.165) is 38.8 Å². The smallest absolute Gasteiger partial charge is 0.219 e. The first-order valence-corrected chi connectivity index (χ1v) is 16.2. The number of nitrogens with one attached hydrogen (secondary N) is 2. The molecule has 0 saturated carbocycles. The summed E-state index contributed by atoms with van der Waals surface area (Å²) in [5.41, 5.74) is 0. The second kappa shape index (κ2) is 30.2. The summed E-state index contributed by atoms with van der Waals surface area (Å²) in [5.74, 6) is 0.373. The molecule has 0 radical (unpaired) electrons. The van der Waals surface area contributed by atoms with Gasteiger partial charge >= 0.3 is 0 Å². The van der Waals surface area contributed by atoms with E-state index in [1.54, 1.807) is 0 Å². The van der Waals surface area contributed by atoms with Gasteiger partial charge in [0, 0.05) is 25.9 Å². The lowest BCUT2D eigenvalue weighted by Gasteiger charge is -2.07. The van der Waals surface area contributed by atoms with Gasteiger partial charge in [-0.1, -0.05) is 142 Å². The van der Waals surface area contributed by atoms with Crippen LogP contribution in [0.5, 0.6) is 0 Å². The van der Waals surface area contributed by atoms with Gasteiger partial charge < -0.3 is 10.6 Å². The van der Waals surface area contributed by atoms with Crippen molar-refractivity contribution < 1.29 is 9.59 Å². The van der Waals surface area contributed by atoms with Crippen LogP contribution in [0.15, 0.2) is 0 Å². The molecule has 0 heterocycles. The fourth-order valence-electron chi connectivity index (χ4n) is 4.78. The third-order valence-electron chi connectivity index (χ3n) is 7.26. The summed E-state index contributed by atoms with van der Waals surface area (Å²) in [6.07, 6.45) is 32.0. The first kappa shape index (κ1) is 34.9. The standard InChI is InChI=1S/C32H64N2O2/c1-3-5-7-9-11-13-15-17-19-21-23-27-31(35)33-29-25-26-30-34-32(36)28-24-22-20-18-16-14-12-10-8-6-4-2/h3-30H2,1-2H3,(H,33,35)(H,34,36). The summed E-state index contributed by atoms with van der Waals surface area (Å²) >= 11 is 0. The van der Waals surface area contributed by atoms with Gasteiger partial charge in [0.2, 0.25) is 11.8 Å². The van der Waals surface area contributed by atoms with Crippen LogP contribution in [0.3, 0.4) is 0 Å². The van der Waals surface area contributed by atoms with Gasteiger partial charge in [0.25, 0.3) is 0 Å². The van der Waals surface area contributed by atoms with Gasteiger partial charge in [-0.15, -0.1) is 0 Å². The SMILES string of the molecule is CCCCCCCCCCCCCC(=O)NCCCCNC(=O)CCCCCCCCCCCCC. The molecule has 4 heteroatoms. The van der Waals surface area contributed by atoms with E-state index in [0.29, 0.717) is 12.8 Å². The van der Waals surface area contributed by atoms with Gasteiger partial charge in [0.15, 0.2) is 0 Å². The van der Waals surface area contributed by atoms with Crippen LogP contribution in [-0.2, 0) is 9.59 Å². The summed E-state index contributed by atoms with van der Waals surface area (Å²) < 4.78 is 0. The van der Waals surface area contributed by atoms with Gasteiger partial charge in [-0.3, -0.25) is 9.59 Å². The fourth-order valence-corrected chi connectivity index (χ4v) is 4.78. The zero-order valence-corrected chi connectivity index (χ0v) is 24.6. The van der Waals surface area contributed by atoms with Crippen LogP contribution in [0, 0.1) is 0 Å². The van der Waals surface area contributed by atoms with E-state index in [1.807, 2.05) is 0 Å². The number of carbonyl (C=O) groups is 2. The molecule has 0 aliphatic rings. The van der Waals surface area contributed by atoms with Crippen molar-refractivity contribution in [2.75, 3.05) is 13.1 Å². The maximum atomic E-state index is 11.9. The molecule has 2 amide bonds. The van der Waals surface area contributed by atoms with E-state index in [9.17, 15) is 9.59 Å². The number of unbranched alkanes of at least 4 members (excludes halogenated alkanes) is 21. The van der Waals surface area contributed by atoms with E-state index in [1.165, 1.54) is 128 Å². The van der Waals surface area contributed by atoms with Gasteiger partial charge in [0.1, 0.15) is 0 Å². The van der Waals surface area contributed by atoms with Crippen molar-refractivity contribution in [1.29, 1.82) is 0 Å². The van der Waals surface area contributed by atoms with Gasteiger partial charge in [0.05, 0.1) is 0 Å². The number of hydrogen-bond donors (Lipinski definition) is 2. The molecule has 0 bridgehead atoms. The molecule has 0 aromatic carbocycles. The van der Waals surface area contributed by atoms with Crippen molar-refractivity contribution in [3.05, 3.63) is 0 Å². The van der Waals surface area contributed by atoms with Crippen molar-refractivity contribution in [2.24, 2.45) is 0 Å². The normalized spacial score (nSPS) is 11.1. The molecular formula is C32H64N2O2. The van der Waals surface area contributed by atoms with Crippen LogP contribution >= 0.6 is 0 Å². The molecule has 4 nitrogen and oxygen atoms in total. The molecule has 0 atom stereocenters. The van der Waals surface area contributed by atoms with Gasteiger partial charge in [-0.25, -0.2) is 0 Å². The zero-order chi connectivity index (χ0) is 26.4. The Morgan fingerprint density at radius 1 is 0.361 bits per heavy atom. The maximum Gasteiger partial charge on any atom is 0.219 e. The lowest BCUT2D eigenvalue weighted by atomic mass is 10.1. The molecule has 36 heavy (non-hydrogen) atoms. The Morgan fingerprint density at radius 2 is 0.611 bits per heavy atom. The first-order valence-electron chi connectivity index (χ1n) is 16.2. The Kier molecular flexibility index (Phi) is 29.3. The minimum absolute atomic E-state index is 0.187. The van der Waals surface area contributed by atoms with Crippen LogP contribution in [0.25, 0.3) is 0 Å². The molecular weight excluding hydrogens is 444 g/mol. The minimum atomic E-state index is 0.187. The Balaban J connectivity index is 3.26. The number of carbonyl (C=O) groups excluding carboxylic acids is 2. The van der Waals surface area contributed by atoms with Crippen molar-refractivity contribution in [3.8, 4) is 0 Å². The highest BCUT2D eigenvalue weighted by Crippen LogP contribution is 2.13. The van der Waals surface area contributed by atoms with E-state index in [2.05, 4.69) is 24.5 Å². The van der Waals surface area contributed by atoms with E-state index in [4.69, 9.17) is 0 Å². The van der Waals surface area contributed by atoms with Crippen molar-refractivity contribution in [1.82, 2.24) is 10.6 Å². The lowest BCUT2D eigenvalue weighted by Crippen LogP contribution is -2.27. The van der Waals surface area contributed by atoms with Crippen LogP contribution in [0.4, 0.5) is 0 Å². The molecule has 0 aromatic heterocycles. The molecule has 0 aromatic rings. The second-order valence-electron chi connectivity index (χ2n) is 11.0. The Morgan fingerprint density at radius 3 is 0.889 bits per heavy atom. The Hall–Kier alpha value is -1.06. The third kappa shape index (κ3) is 29.2. The van der Waals surface area contributed by atoms with Crippen LogP contribution in [0.1, 0.15) is 181 Å². The number of rotatable bonds is 29. The molecule has 0 saturated heterocycles. The number of hydrogen-bond acceptors (Lipinski definition) is 2. The molecule has 2 N–H and O–H groups in total. The van der Waals surface area contributed by atoms with E-state index < -0.39 is 0 Å². The predicted octanol–water partition coefficient (Wildman–Crippen LogP) is 9.40. The average molecular weight is 509 g/mol. The summed E-state index contributed by atoms with van der Waals surface area (Å²) in [6.45, 7) is 5.99. The summed E-state index contributed by atoms with van der Waals surface area (Å²) in [4.78, 5) is 23.9. The van der Waals surface area contributed by atoms with Crippen molar-refractivity contribution in [2.45, 2.75) is 181 Å². The van der Waals surface area contributed by atoms with Crippen LogP contribution in [-0.4, -0.2) is 24.9 Å². The zero-order valence-electron chi connectivity index (χ0n) is 24.6. The molecule has 0 rings (SSSR count). The lowest BCUT2D eigenvalue weighted by molar-refractivity contribution is -0.122. The fraction of sp³-hybridized carbons (Fsp3) is 0.938. The Labute approximate surface area is 225 Å². The molecule has 0 aliphatic carbocycles. The van der Waals surface area contributed by atoms with E-state index >= 15 is 0 Å². The highest BCUT2D eigenvalue weighted by molar-refractivity contribution is 5.76. The van der Waals surface area contributed by atoms with Crippen LogP contribution in [0.2, 0.25) is 0 Å². The molecule has 0 spiro atoms. The molecule has 0 unspecified atom stereocenters. The van der Waals surface area contributed by atoms with Gasteiger partial charge in [-0.05, 0) is 25.7 Å². The third-order valence-corrected chi connectivity index (χ3v) is 7.26. The number of amides is 2. The minimum Gasteiger partial charge on any atom is -0.356 e. The monoisotopic (exact) mass is 508 g/mol. The largest absolute Gasteiger partial charge is 0.356 e. The quantitative estimate of drug-likeness (QED) is 0.0988. The molecule has 214 valence electrons. The summed E-state index contributed by atoms with van der Waals surface area (Å²) in [7, 11) is 0. The topological polar surface area (TPSA) is 58.2 Å². The van der Waals surface area contributed by atoms with Crippen molar-refractivity contribution in [3.63, 3.8) is 0 Å². The predicted molar refractivity (Wildman–Crippen MR) is 157 cm³/mol. The molecule has 0 aliphatic heterocycles. The summed E-state index contributed by atoms with van der Waals surface area (Å²) in [5, 5.41) is 6.06. The molecule has 0 fully saturated rings. The first-order chi connectivity index (χ1) is 17.7. The summed E-state index contributed by atoms with van der Waals surface area (Å²) in [6, 6.07) is 0. The van der Waals surface area contributed by atoms with Gasteiger partial charge in [-0.2, -0.15) is 0 Å². The Bertz CT molecular complexity index is 425. The highest BCUT2D eigenvalue weighted by Gasteiger charge is 2.03. The van der Waals surface area contributed by atoms with Crippen LogP contribution < -0.4 is 10.6 Å². The van der Waals surface area contributed by atoms with E-state index in [-0.39, 0.29) is 11.8 Å². The second-order valence-corrected chi connectivity index (χ2v) is 11.0. The van der Waals surface area contributed by atoms with Crippen molar-refractivity contribution >= 4 is 11.8 Å².